The second kappa shape index (κ2) is 8.39. The summed E-state index contributed by atoms with van der Waals surface area (Å²) >= 11 is 1.52. The number of amides is 1. The Bertz CT molecular complexity index is 1030. The summed E-state index contributed by atoms with van der Waals surface area (Å²) in [6.07, 6.45) is 1.94. The highest BCUT2D eigenvalue weighted by Gasteiger charge is 2.29. The molecule has 1 atom stereocenters. The minimum absolute atomic E-state index is 0.00339. The molecule has 152 valence electrons. The van der Waals surface area contributed by atoms with Crippen LogP contribution >= 0.6 is 11.3 Å². The Morgan fingerprint density at radius 2 is 2.14 bits per heavy atom. The van der Waals surface area contributed by atoms with Gasteiger partial charge >= 0.3 is 0 Å². The van der Waals surface area contributed by atoms with Crippen LogP contribution in [0.25, 0.3) is 10.2 Å². The summed E-state index contributed by atoms with van der Waals surface area (Å²) in [6, 6.07) is 11.3. The first-order valence-electron chi connectivity index (χ1n) is 9.62. The molecule has 1 saturated heterocycles. The zero-order valence-electron chi connectivity index (χ0n) is 16.8. The third-order valence-electron chi connectivity index (χ3n) is 5.13. The van der Waals surface area contributed by atoms with Crippen molar-refractivity contribution in [2.45, 2.75) is 25.9 Å². The van der Waals surface area contributed by atoms with E-state index < -0.39 is 0 Å². The van der Waals surface area contributed by atoms with Gasteiger partial charge in [0.2, 0.25) is 0 Å². The fourth-order valence-electron chi connectivity index (χ4n) is 3.56. The Hall–Kier alpha value is -2.64. The van der Waals surface area contributed by atoms with Gasteiger partial charge in [0.15, 0.2) is 5.13 Å². The molecule has 1 fully saturated rings. The first kappa shape index (κ1) is 19.7. The Kier molecular flexibility index (Phi) is 5.69. The number of carbonyl (C=O) groups is 1. The number of ether oxygens (including phenoxy) is 3. The summed E-state index contributed by atoms with van der Waals surface area (Å²) in [7, 11) is 3.14. The van der Waals surface area contributed by atoms with Crippen LogP contribution in [0.3, 0.4) is 0 Å². The smallest absolute Gasteiger partial charge is 0.264 e. The fraction of sp³-hybridized carbons (Fsp3) is 0.364. The molecule has 1 amide bonds. The van der Waals surface area contributed by atoms with Crippen molar-refractivity contribution >= 4 is 32.6 Å². The number of fused-ring (bicyclic) bond motifs is 1. The number of aromatic nitrogens is 1. The van der Waals surface area contributed by atoms with Crippen molar-refractivity contribution in [1.29, 1.82) is 0 Å². The highest BCUT2D eigenvalue weighted by Crippen LogP contribution is 2.34. The van der Waals surface area contributed by atoms with Crippen LogP contribution in [0.15, 0.2) is 36.4 Å². The molecule has 4 rings (SSSR count). The highest BCUT2D eigenvalue weighted by molar-refractivity contribution is 7.22. The average Bonchev–Trinajstić information content (AvgIpc) is 3.41. The van der Waals surface area contributed by atoms with Gasteiger partial charge in [0, 0.05) is 6.61 Å². The summed E-state index contributed by atoms with van der Waals surface area (Å²) in [4.78, 5) is 20.2. The van der Waals surface area contributed by atoms with E-state index in [1.807, 2.05) is 25.1 Å². The maximum Gasteiger partial charge on any atom is 0.264 e. The first-order valence-corrected chi connectivity index (χ1v) is 10.4. The van der Waals surface area contributed by atoms with Crippen molar-refractivity contribution in [3.8, 4) is 11.5 Å². The number of thiazole rings is 1. The number of aryl methyl sites for hydroxylation is 1. The number of hydrogen-bond donors (Lipinski definition) is 0. The zero-order valence-corrected chi connectivity index (χ0v) is 17.6. The van der Waals surface area contributed by atoms with Gasteiger partial charge in [-0.05, 0) is 49.6 Å². The number of rotatable bonds is 6. The largest absolute Gasteiger partial charge is 0.497 e. The fourth-order valence-corrected chi connectivity index (χ4v) is 4.61. The van der Waals surface area contributed by atoms with Gasteiger partial charge in [-0.2, -0.15) is 0 Å². The molecule has 1 aromatic heterocycles. The molecule has 29 heavy (non-hydrogen) atoms. The van der Waals surface area contributed by atoms with Gasteiger partial charge in [-0.15, -0.1) is 0 Å². The quantitative estimate of drug-likeness (QED) is 0.599. The summed E-state index contributed by atoms with van der Waals surface area (Å²) in [5.41, 5.74) is 2.46. The monoisotopic (exact) mass is 412 g/mol. The van der Waals surface area contributed by atoms with Gasteiger partial charge in [0.25, 0.3) is 5.91 Å². The molecular weight excluding hydrogens is 388 g/mol. The molecule has 0 radical (unpaired) electrons. The van der Waals surface area contributed by atoms with E-state index in [9.17, 15) is 4.79 Å². The van der Waals surface area contributed by atoms with Crippen molar-refractivity contribution in [2.24, 2.45) is 0 Å². The number of hydrogen-bond acceptors (Lipinski definition) is 6. The predicted octanol–water partition coefficient (Wildman–Crippen LogP) is 4.45. The van der Waals surface area contributed by atoms with Crippen LogP contribution in [0, 0.1) is 6.92 Å². The molecule has 0 saturated carbocycles. The van der Waals surface area contributed by atoms with E-state index in [0.29, 0.717) is 28.7 Å². The van der Waals surface area contributed by atoms with Gasteiger partial charge in [-0.1, -0.05) is 23.5 Å². The standard InChI is InChI=1S/C22H24N2O4S/c1-14-6-4-8-19-20(14)23-22(29-19)24(13-16-7-5-11-28-16)21(25)17-12-15(26-2)9-10-18(17)27-3/h4,6,8-10,12,16H,5,7,11,13H2,1-3H3. The molecule has 0 aliphatic carbocycles. The van der Waals surface area contributed by atoms with Crippen molar-refractivity contribution in [3.05, 3.63) is 47.5 Å². The van der Waals surface area contributed by atoms with Crippen molar-refractivity contribution in [1.82, 2.24) is 4.98 Å². The van der Waals surface area contributed by atoms with Crippen LogP contribution in [0.2, 0.25) is 0 Å². The van der Waals surface area contributed by atoms with E-state index in [4.69, 9.17) is 19.2 Å². The van der Waals surface area contributed by atoms with Crippen molar-refractivity contribution < 1.29 is 19.0 Å². The van der Waals surface area contributed by atoms with Crippen LogP contribution < -0.4 is 14.4 Å². The minimum Gasteiger partial charge on any atom is -0.497 e. The van der Waals surface area contributed by atoms with Gasteiger partial charge in [0.1, 0.15) is 11.5 Å². The van der Waals surface area contributed by atoms with E-state index in [1.54, 1.807) is 37.3 Å². The third-order valence-corrected chi connectivity index (χ3v) is 6.18. The number of anilines is 1. The van der Waals surface area contributed by atoms with Crippen LogP contribution in [0.5, 0.6) is 11.5 Å². The third kappa shape index (κ3) is 3.93. The lowest BCUT2D eigenvalue weighted by Crippen LogP contribution is -2.37. The number of carbonyl (C=O) groups excluding carboxylic acids is 1. The maximum absolute atomic E-state index is 13.6. The molecule has 1 unspecified atom stereocenters. The number of para-hydroxylation sites is 1. The summed E-state index contributed by atoms with van der Waals surface area (Å²) in [5, 5.41) is 0.666. The zero-order chi connectivity index (χ0) is 20.4. The molecule has 1 aliphatic heterocycles. The molecule has 2 aromatic carbocycles. The molecule has 6 nitrogen and oxygen atoms in total. The lowest BCUT2D eigenvalue weighted by Gasteiger charge is -2.24. The van der Waals surface area contributed by atoms with Crippen LogP contribution in [0.4, 0.5) is 5.13 Å². The van der Waals surface area contributed by atoms with E-state index in [-0.39, 0.29) is 12.0 Å². The lowest BCUT2D eigenvalue weighted by molar-refractivity contribution is 0.0914. The molecule has 2 heterocycles. The van der Waals surface area contributed by atoms with Crippen LogP contribution in [-0.2, 0) is 4.74 Å². The number of methoxy groups -OCH3 is 2. The van der Waals surface area contributed by atoms with Crippen molar-refractivity contribution in [2.75, 3.05) is 32.3 Å². The van der Waals surface area contributed by atoms with Gasteiger partial charge < -0.3 is 14.2 Å². The van der Waals surface area contributed by atoms with Gasteiger partial charge in [-0.25, -0.2) is 4.98 Å². The molecule has 0 N–H and O–H groups in total. The van der Waals surface area contributed by atoms with E-state index in [1.165, 1.54) is 11.3 Å². The average molecular weight is 413 g/mol. The Labute approximate surface area is 174 Å². The van der Waals surface area contributed by atoms with E-state index >= 15 is 0 Å². The van der Waals surface area contributed by atoms with Gasteiger partial charge in [0.05, 0.1) is 42.6 Å². The maximum atomic E-state index is 13.6. The first-order chi connectivity index (χ1) is 14.1. The Morgan fingerprint density at radius 3 is 2.83 bits per heavy atom. The van der Waals surface area contributed by atoms with E-state index in [0.717, 1.165) is 35.2 Å². The lowest BCUT2D eigenvalue weighted by atomic mass is 10.1. The Morgan fingerprint density at radius 1 is 1.28 bits per heavy atom. The number of nitrogens with zero attached hydrogens (tertiary/aromatic N) is 2. The second-order valence-corrected chi connectivity index (χ2v) is 8.04. The molecular formula is C22H24N2O4S. The Balaban J connectivity index is 1.77. The summed E-state index contributed by atoms with van der Waals surface area (Å²) in [5.74, 6) is 0.935. The topological polar surface area (TPSA) is 60.9 Å². The minimum atomic E-state index is -0.173. The predicted molar refractivity (Wildman–Crippen MR) is 115 cm³/mol. The SMILES string of the molecule is COc1ccc(OC)c(C(=O)N(CC2CCCO2)c2nc3c(C)cccc3s2)c1. The molecule has 0 spiro atoms. The molecule has 0 bridgehead atoms. The normalized spacial score (nSPS) is 16.2. The molecule has 1 aliphatic rings. The van der Waals surface area contributed by atoms with Gasteiger partial charge in [-0.3, -0.25) is 9.69 Å². The second-order valence-electron chi connectivity index (χ2n) is 7.04. The van der Waals surface area contributed by atoms with E-state index in [2.05, 4.69) is 0 Å². The van der Waals surface area contributed by atoms with Crippen LogP contribution in [0.1, 0.15) is 28.8 Å². The molecule has 7 heteroatoms. The number of benzene rings is 2. The van der Waals surface area contributed by atoms with Crippen molar-refractivity contribution in [3.63, 3.8) is 0 Å². The summed E-state index contributed by atoms with van der Waals surface area (Å²) < 4.78 is 17.6. The molecule has 3 aromatic rings. The van der Waals surface area contributed by atoms with Crippen LogP contribution in [-0.4, -0.2) is 44.4 Å². The summed E-state index contributed by atoms with van der Waals surface area (Å²) in [6.45, 7) is 3.22. The highest BCUT2D eigenvalue weighted by atomic mass is 32.1.